The van der Waals surface area contributed by atoms with E-state index in [1.807, 2.05) is 0 Å². The van der Waals surface area contributed by atoms with Gasteiger partial charge in [0.05, 0.1) is 18.9 Å². The van der Waals surface area contributed by atoms with Crippen LogP contribution in [0, 0.1) is 5.92 Å². The van der Waals surface area contributed by atoms with Crippen LogP contribution in [0.15, 0.2) is 24.7 Å². The highest BCUT2D eigenvalue weighted by Gasteiger charge is 2.24. The Labute approximate surface area is 79.1 Å². The molecule has 1 saturated heterocycles. The van der Waals surface area contributed by atoms with Crippen molar-refractivity contribution in [2.75, 3.05) is 13.7 Å². The minimum atomic E-state index is 0.181. The predicted octanol–water partition coefficient (Wildman–Crippen LogP) is 1.59. The Morgan fingerprint density at radius 3 is 2.54 bits per heavy atom. The van der Waals surface area contributed by atoms with Crippen LogP contribution < -0.4 is 5.32 Å². The summed E-state index contributed by atoms with van der Waals surface area (Å²) >= 11 is 0. The van der Waals surface area contributed by atoms with E-state index in [9.17, 15) is 5.11 Å². The second kappa shape index (κ2) is 4.33. The highest BCUT2D eigenvalue weighted by molar-refractivity contribution is 5.02. The predicted molar refractivity (Wildman–Crippen MR) is 52.4 cm³/mol. The smallest absolute Gasteiger partial charge is 0.105 e. The molecule has 2 atom stereocenters. The van der Waals surface area contributed by atoms with Crippen molar-refractivity contribution in [2.24, 2.45) is 5.92 Å². The highest BCUT2D eigenvalue weighted by atomic mass is 16.5. The van der Waals surface area contributed by atoms with Gasteiger partial charge >= 0.3 is 0 Å². The van der Waals surface area contributed by atoms with E-state index in [-0.39, 0.29) is 17.7 Å². The molecule has 1 aliphatic rings. The summed E-state index contributed by atoms with van der Waals surface area (Å²) in [7, 11) is 1.63. The van der Waals surface area contributed by atoms with Gasteiger partial charge in [-0.15, -0.1) is 0 Å². The van der Waals surface area contributed by atoms with E-state index in [1.165, 1.54) is 0 Å². The van der Waals surface area contributed by atoms with Gasteiger partial charge in [-0.25, -0.2) is 0 Å². The molecule has 3 nitrogen and oxygen atoms in total. The molecule has 0 radical (unpaired) electrons. The van der Waals surface area contributed by atoms with Crippen LogP contribution in [0.25, 0.3) is 0 Å². The first-order valence-corrected chi connectivity index (χ1v) is 4.49. The minimum Gasteiger partial charge on any atom is -0.513 e. The fraction of sp³-hybridized carbons (Fsp3) is 0.600. The number of aliphatic hydroxyl groups excluding tert-OH is 1. The Morgan fingerprint density at radius 1 is 1.46 bits per heavy atom. The van der Waals surface area contributed by atoms with Crippen LogP contribution in [0.3, 0.4) is 0 Å². The number of methoxy groups -OCH3 is 1. The van der Waals surface area contributed by atoms with Gasteiger partial charge in [0, 0.05) is 12.5 Å². The summed E-state index contributed by atoms with van der Waals surface area (Å²) in [6, 6.07) is 0.223. The zero-order valence-corrected chi connectivity index (χ0v) is 8.05. The maximum Gasteiger partial charge on any atom is 0.105 e. The first-order chi connectivity index (χ1) is 6.15. The van der Waals surface area contributed by atoms with Crippen molar-refractivity contribution in [1.82, 2.24) is 5.32 Å². The lowest BCUT2D eigenvalue weighted by Crippen LogP contribution is -2.40. The van der Waals surface area contributed by atoms with E-state index < -0.39 is 0 Å². The van der Waals surface area contributed by atoms with Crippen molar-refractivity contribution in [1.29, 1.82) is 0 Å². The quantitative estimate of drug-likeness (QED) is 0.653. The summed E-state index contributed by atoms with van der Waals surface area (Å²) in [6.45, 7) is 8.08. The molecular formula is C10H17NO2. The number of ether oxygens (including phenoxy) is 1. The molecular weight excluding hydrogens is 166 g/mol. The molecule has 74 valence electrons. The van der Waals surface area contributed by atoms with Gasteiger partial charge in [-0.1, -0.05) is 13.2 Å². The van der Waals surface area contributed by atoms with Crippen molar-refractivity contribution in [2.45, 2.75) is 18.9 Å². The van der Waals surface area contributed by atoms with Crippen LogP contribution >= 0.6 is 0 Å². The fourth-order valence-electron chi connectivity index (χ4n) is 1.56. The number of piperidine rings is 1. The monoisotopic (exact) mass is 183 g/mol. The van der Waals surface area contributed by atoms with Crippen molar-refractivity contribution in [3.8, 4) is 0 Å². The largest absolute Gasteiger partial charge is 0.513 e. The van der Waals surface area contributed by atoms with Crippen LogP contribution in [0.1, 0.15) is 12.8 Å². The molecule has 1 rings (SSSR count). The Hall–Kier alpha value is -0.960. The molecule has 3 heteroatoms. The molecule has 0 bridgehead atoms. The van der Waals surface area contributed by atoms with E-state index in [4.69, 9.17) is 4.74 Å². The van der Waals surface area contributed by atoms with E-state index in [2.05, 4.69) is 18.5 Å². The van der Waals surface area contributed by atoms with Gasteiger partial charge in [-0.05, 0) is 12.8 Å². The molecule has 2 N–H and O–H groups in total. The fourth-order valence-corrected chi connectivity index (χ4v) is 1.56. The molecule has 1 fully saturated rings. The highest BCUT2D eigenvalue weighted by Crippen LogP contribution is 2.21. The van der Waals surface area contributed by atoms with E-state index in [1.54, 1.807) is 7.11 Å². The van der Waals surface area contributed by atoms with Crippen LogP contribution in [0.4, 0.5) is 0 Å². The van der Waals surface area contributed by atoms with Gasteiger partial charge in [-0.2, -0.15) is 0 Å². The summed E-state index contributed by atoms with van der Waals surface area (Å²) in [5.74, 6) is 1.22. The van der Waals surface area contributed by atoms with E-state index in [0.29, 0.717) is 0 Å². The third kappa shape index (κ3) is 2.49. The maximum atomic E-state index is 9.17. The Balaban J connectivity index is 2.39. The van der Waals surface area contributed by atoms with Gasteiger partial charge in [0.25, 0.3) is 0 Å². The number of hydrogen-bond donors (Lipinski definition) is 2. The second-order valence-electron chi connectivity index (χ2n) is 3.40. The van der Waals surface area contributed by atoms with Gasteiger partial charge in [0.1, 0.15) is 5.76 Å². The molecule has 1 aliphatic heterocycles. The van der Waals surface area contributed by atoms with Gasteiger partial charge in [-0.3, -0.25) is 0 Å². The summed E-state index contributed by atoms with van der Waals surface area (Å²) in [4.78, 5) is 0. The standard InChI is InChI=1S/C10H17NO2/c1-7(12)9-4-5-10(11-6-9)8(2)13-3/h9-12H,1-2,4-6H2,3H3. The molecule has 0 saturated carbocycles. The first kappa shape index (κ1) is 10.1. The maximum absolute atomic E-state index is 9.17. The van der Waals surface area contributed by atoms with E-state index >= 15 is 0 Å². The Morgan fingerprint density at radius 2 is 2.15 bits per heavy atom. The average Bonchev–Trinajstić information content (AvgIpc) is 2.17. The van der Waals surface area contributed by atoms with Crippen LogP contribution in [-0.2, 0) is 4.74 Å². The van der Waals surface area contributed by atoms with Crippen LogP contribution in [0.5, 0.6) is 0 Å². The molecule has 0 aromatic heterocycles. The SMILES string of the molecule is C=C(O)C1CCC(C(=C)OC)NC1. The topological polar surface area (TPSA) is 41.5 Å². The average molecular weight is 183 g/mol. The van der Waals surface area contributed by atoms with Crippen molar-refractivity contribution in [3.05, 3.63) is 24.7 Å². The summed E-state index contributed by atoms with van der Waals surface area (Å²) < 4.78 is 5.04. The molecule has 0 aromatic carbocycles. The summed E-state index contributed by atoms with van der Waals surface area (Å²) in [5.41, 5.74) is 0. The van der Waals surface area contributed by atoms with E-state index in [0.717, 1.165) is 25.1 Å². The number of nitrogens with one attached hydrogen (secondary N) is 1. The normalized spacial score (nSPS) is 28.1. The number of hydrogen-bond acceptors (Lipinski definition) is 3. The second-order valence-corrected chi connectivity index (χ2v) is 3.40. The van der Waals surface area contributed by atoms with Gasteiger partial charge < -0.3 is 15.2 Å². The Kier molecular flexibility index (Phi) is 3.37. The number of rotatable bonds is 3. The first-order valence-electron chi connectivity index (χ1n) is 4.49. The van der Waals surface area contributed by atoms with Gasteiger partial charge in [0.2, 0.25) is 0 Å². The summed E-state index contributed by atoms with van der Waals surface area (Å²) in [6.07, 6.45) is 1.88. The molecule has 0 aromatic rings. The molecule has 13 heavy (non-hydrogen) atoms. The third-order valence-corrected chi connectivity index (χ3v) is 2.54. The lowest BCUT2D eigenvalue weighted by atomic mass is 9.93. The summed E-state index contributed by atoms with van der Waals surface area (Å²) in [5, 5.41) is 12.4. The van der Waals surface area contributed by atoms with Crippen molar-refractivity contribution >= 4 is 0 Å². The molecule has 2 unspecified atom stereocenters. The molecule has 0 spiro atoms. The molecule has 0 aliphatic carbocycles. The zero-order valence-electron chi connectivity index (χ0n) is 8.05. The lowest BCUT2D eigenvalue weighted by Gasteiger charge is -2.29. The van der Waals surface area contributed by atoms with Crippen molar-refractivity contribution in [3.63, 3.8) is 0 Å². The van der Waals surface area contributed by atoms with Crippen LogP contribution in [-0.4, -0.2) is 24.8 Å². The van der Waals surface area contributed by atoms with Crippen molar-refractivity contribution < 1.29 is 9.84 Å². The number of aliphatic hydroxyl groups is 1. The van der Waals surface area contributed by atoms with Crippen LogP contribution in [0.2, 0.25) is 0 Å². The Bertz CT molecular complexity index is 205. The lowest BCUT2D eigenvalue weighted by molar-refractivity contribution is 0.209. The zero-order chi connectivity index (χ0) is 9.84. The minimum absolute atomic E-state index is 0.181. The molecule has 0 amide bonds. The van der Waals surface area contributed by atoms with Gasteiger partial charge in [0.15, 0.2) is 0 Å². The molecule has 1 heterocycles. The third-order valence-electron chi connectivity index (χ3n) is 2.54.